The van der Waals surface area contributed by atoms with Gasteiger partial charge in [0.05, 0.1) is 16.5 Å². The van der Waals surface area contributed by atoms with Gasteiger partial charge in [-0.25, -0.2) is 0 Å². The first-order valence-electron chi connectivity index (χ1n) is 10.8. The Morgan fingerprint density at radius 3 is 2.47 bits per heavy atom. The van der Waals surface area contributed by atoms with Gasteiger partial charge in [0.15, 0.2) is 17.2 Å². The number of hydrogen-bond donors (Lipinski definition) is 2. The summed E-state index contributed by atoms with van der Waals surface area (Å²) in [6, 6.07) is 2.26. The second-order valence-electron chi connectivity index (χ2n) is 10.3. The van der Waals surface area contributed by atoms with Crippen LogP contribution < -0.4 is 0 Å². The van der Waals surface area contributed by atoms with E-state index in [1.807, 2.05) is 13.8 Å². The number of aromatic hydroxyl groups is 2. The van der Waals surface area contributed by atoms with Gasteiger partial charge in [-0.3, -0.25) is 9.59 Å². The second-order valence-corrected chi connectivity index (χ2v) is 11.3. The van der Waals surface area contributed by atoms with Crippen LogP contribution >= 0.6 is 23.2 Å². The highest BCUT2D eigenvalue weighted by Gasteiger charge is 2.60. The SMILES string of the molecule is C=C1CCC(Cl)C(C)(C)C1CC12OC(C)(C)C(Cl)C=C1C(=O)c1c(O)cc(O)cc1C2=O. The Kier molecular flexibility index (Phi) is 5.36. The van der Waals surface area contributed by atoms with Gasteiger partial charge in [0.25, 0.3) is 0 Å². The molecule has 3 aliphatic rings. The Hall–Kier alpha value is -1.82. The van der Waals surface area contributed by atoms with Gasteiger partial charge in [-0.1, -0.05) is 32.1 Å². The van der Waals surface area contributed by atoms with Crippen LogP contribution in [0.2, 0.25) is 0 Å². The molecule has 0 saturated heterocycles. The fourth-order valence-corrected chi connectivity index (χ4v) is 5.83. The summed E-state index contributed by atoms with van der Waals surface area (Å²) in [6.07, 6.45) is 3.25. The quantitative estimate of drug-likeness (QED) is 0.430. The molecular weight excluding hydrogens is 451 g/mol. The third kappa shape index (κ3) is 3.24. The molecule has 4 unspecified atom stereocenters. The Labute approximate surface area is 198 Å². The molecule has 1 heterocycles. The molecule has 0 bridgehead atoms. The van der Waals surface area contributed by atoms with Crippen molar-refractivity contribution in [3.05, 3.63) is 47.1 Å². The van der Waals surface area contributed by atoms with E-state index in [9.17, 15) is 19.8 Å². The van der Waals surface area contributed by atoms with Crippen molar-refractivity contribution in [2.45, 2.75) is 68.9 Å². The van der Waals surface area contributed by atoms with Gasteiger partial charge < -0.3 is 14.9 Å². The van der Waals surface area contributed by atoms with Crippen molar-refractivity contribution in [2.75, 3.05) is 0 Å². The minimum Gasteiger partial charge on any atom is -0.508 e. The van der Waals surface area contributed by atoms with Crippen LogP contribution in [-0.4, -0.2) is 43.7 Å². The number of benzene rings is 1. The minimum absolute atomic E-state index is 0.0601. The van der Waals surface area contributed by atoms with Crippen molar-refractivity contribution in [1.29, 1.82) is 0 Å². The van der Waals surface area contributed by atoms with Crippen LogP contribution in [-0.2, 0) is 4.74 Å². The fraction of sp³-hybridized carbons (Fsp3) is 0.520. The Morgan fingerprint density at radius 1 is 1.16 bits per heavy atom. The van der Waals surface area contributed by atoms with E-state index < -0.39 is 39.3 Å². The van der Waals surface area contributed by atoms with Crippen LogP contribution in [0.25, 0.3) is 0 Å². The number of hydrogen-bond acceptors (Lipinski definition) is 5. The van der Waals surface area contributed by atoms with Gasteiger partial charge in [0, 0.05) is 22.6 Å². The van der Waals surface area contributed by atoms with E-state index in [1.54, 1.807) is 19.9 Å². The van der Waals surface area contributed by atoms with Gasteiger partial charge in [-0.15, -0.1) is 23.2 Å². The highest BCUT2D eigenvalue weighted by atomic mass is 35.5. The van der Waals surface area contributed by atoms with E-state index in [2.05, 4.69) is 6.58 Å². The number of allylic oxidation sites excluding steroid dienone is 1. The van der Waals surface area contributed by atoms with Crippen LogP contribution in [0.3, 0.4) is 0 Å². The summed E-state index contributed by atoms with van der Waals surface area (Å²) >= 11 is 13.2. The number of ether oxygens (including phenoxy) is 1. The summed E-state index contributed by atoms with van der Waals surface area (Å²) in [5.41, 5.74) is -2.09. The number of fused-ring (bicyclic) bond motifs is 2. The van der Waals surface area contributed by atoms with Crippen molar-refractivity contribution >= 4 is 34.8 Å². The molecule has 1 saturated carbocycles. The smallest absolute Gasteiger partial charge is 0.200 e. The molecule has 2 N–H and O–H groups in total. The maximum atomic E-state index is 14.0. The molecule has 4 rings (SSSR count). The summed E-state index contributed by atoms with van der Waals surface area (Å²) in [6.45, 7) is 11.9. The van der Waals surface area contributed by atoms with E-state index in [0.717, 1.165) is 24.5 Å². The normalized spacial score (nSPS) is 33.4. The first-order chi connectivity index (χ1) is 14.7. The number of halogens is 2. The number of alkyl halides is 2. The van der Waals surface area contributed by atoms with Crippen molar-refractivity contribution in [1.82, 2.24) is 0 Å². The number of Topliss-reactive ketones (excluding diaryl/α,β-unsaturated/α-hetero) is 2. The number of carbonyl (C=O) groups is 2. The predicted molar refractivity (Wildman–Crippen MR) is 124 cm³/mol. The lowest BCUT2D eigenvalue weighted by molar-refractivity contribution is -0.116. The average Bonchev–Trinajstić information content (AvgIpc) is 2.68. The molecule has 4 atom stereocenters. The standard InChI is InChI=1S/C25H28Cl2O5/c1-12-6-7-18(26)23(2,3)16(12)11-25-15(10-19(27)24(4,5)32-25)21(30)20-14(22(25)31)8-13(28)9-17(20)29/h8-10,16,18-19,28-29H,1,6-7,11H2,2-5H3. The second kappa shape index (κ2) is 7.34. The molecule has 0 amide bonds. The van der Waals surface area contributed by atoms with E-state index in [1.165, 1.54) is 6.07 Å². The Morgan fingerprint density at radius 2 is 1.81 bits per heavy atom. The molecular formula is C25H28Cl2O5. The molecule has 1 aliphatic heterocycles. The van der Waals surface area contributed by atoms with Gasteiger partial charge in [-0.2, -0.15) is 0 Å². The van der Waals surface area contributed by atoms with E-state index in [-0.39, 0.29) is 40.2 Å². The fourth-order valence-electron chi connectivity index (χ4n) is 5.39. The minimum atomic E-state index is -1.63. The Bertz CT molecular complexity index is 1070. The first kappa shape index (κ1) is 23.3. The lowest BCUT2D eigenvalue weighted by Gasteiger charge is -2.52. The summed E-state index contributed by atoms with van der Waals surface area (Å²) in [5, 5.41) is 19.6. The lowest BCUT2D eigenvalue weighted by Crippen LogP contribution is -2.60. The van der Waals surface area contributed by atoms with Gasteiger partial charge >= 0.3 is 0 Å². The molecule has 1 aromatic rings. The number of phenolic OH excluding ortho intramolecular Hbond substituents is 2. The zero-order valence-corrected chi connectivity index (χ0v) is 20.2. The number of ketones is 2. The van der Waals surface area contributed by atoms with Gasteiger partial charge in [0.2, 0.25) is 0 Å². The largest absolute Gasteiger partial charge is 0.508 e. The molecule has 2 aliphatic carbocycles. The average molecular weight is 479 g/mol. The van der Waals surface area contributed by atoms with E-state index in [4.69, 9.17) is 27.9 Å². The highest BCUT2D eigenvalue weighted by Crippen LogP contribution is 2.55. The number of rotatable bonds is 2. The van der Waals surface area contributed by atoms with Crippen molar-refractivity contribution in [3.8, 4) is 11.5 Å². The van der Waals surface area contributed by atoms with Crippen LogP contribution in [0.4, 0.5) is 0 Å². The molecule has 172 valence electrons. The molecule has 0 radical (unpaired) electrons. The first-order valence-corrected chi connectivity index (χ1v) is 11.6. The zero-order valence-electron chi connectivity index (χ0n) is 18.7. The van der Waals surface area contributed by atoms with Gasteiger partial charge in [-0.05, 0) is 50.5 Å². The van der Waals surface area contributed by atoms with Crippen LogP contribution in [0, 0.1) is 11.3 Å². The zero-order chi connectivity index (χ0) is 23.8. The maximum absolute atomic E-state index is 14.0. The van der Waals surface area contributed by atoms with Crippen molar-refractivity contribution in [3.63, 3.8) is 0 Å². The summed E-state index contributed by atoms with van der Waals surface area (Å²) < 4.78 is 6.46. The third-order valence-electron chi connectivity index (χ3n) is 7.44. The third-order valence-corrected chi connectivity index (χ3v) is 8.88. The van der Waals surface area contributed by atoms with Crippen molar-refractivity contribution < 1.29 is 24.5 Å². The number of carbonyl (C=O) groups excluding carboxylic acids is 2. The molecule has 1 fully saturated rings. The van der Waals surface area contributed by atoms with Crippen LogP contribution in [0.15, 0.2) is 35.9 Å². The summed E-state index contributed by atoms with van der Waals surface area (Å²) in [4.78, 5) is 27.6. The van der Waals surface area contributed by atoms with Crippen molar-refractivity contribution in [2.24, 2.45) is 11.3 Å². The van der Waals surface area contributed by atoms with E-state index in [0.29, 0.717) is 0 Å². The molecule has 5 nitrogen and oxygen atoms in total. The van der Waals surface area contributed by atoms with Crippen LogP contribution in [0.5, 0.6) is 11.5 Å². The number of phenols is 2. The highest BCUT2D eigenvalue weighted by molar-refractivity contribution is 6.30. The Balaban J connectivity index is 1.95. The predicted octanol–water partition coefficient (Wildman–Crippen LogP) is 5.55. The molecule has 7 heteroatoms. The van der Waals surface area contributed by atoms with Gasteiger partial charge in [0.1, 0.15) is 11.5 Å². The van der Waals surface area contributed by atoms with E-state index >= 15 is 0 Å². The molecule has 32 heavy (non-hydrogen) atoms. The monoisotopic (exact) mass is 478 g/mol. The van der Waals surface area contributed by atoms with Crippen LogP contribution in [0.1, 0.15) is 67.7 Å². The maximum Gasteiger partial charge on any atom is 0.200 e. The molecule has 0 spiro atoms. The molecule has 1 aromatic carbocycles. The summed E-state index contributed by atoms with van der Waals surface area (Å²) in [5.74, 6) is -1.97. The molecule has 0 aromatic heterocycles. The lowest BCUT2D eigenvalue weighted by atomic mass is 9.59. The topological polar surface area (TPSA) is 83.8 Å². The summed E-state index contributed by atoms with van der Waals surface area (Å²) in [7, 11) is 0.